The van der Waals surface area contributed by atoms with E-state index >= 15 is 0 Å². The lowest BCUT2D eigenvalue weighted by molar-refractivity contribution is -0.116. The van der Waals surface area contributed by atoms with Gasteiger partial charge in [-0.25, -0.2) is 0 Å². The molecular formula is C14H14BrN3OS2. The molecule has 0 atom stereocenters. The van der Waals surface area contributed by atoms with E-state index in [4.69, 9.17) is 5.26 Å². The molecule has 0 saturated carbocycles. The lowest BCUT2D eigenvalue weighted by atomic mass is 10.3. The van der Waals surface area contributed by atoms with Crippen LogP contribution in [0.3, 0.4) is 0 Å². The van der Waals surface area contributed by atoms with Gasteiger partial charge in [0.15, 0.2) is 0 Å². The standard InChI is InChI=1S/C14H14BrN3OS2/c1-18(9-11-2-3-12(15)21-11)6-4-13(19)17-14-10(8-16)5-7-20-14/h2-3,5,7H,4,6,9H2,1H3,(H,17,19). The van der Waals surface area contributed by atoms with Gasteiger partial charge in [-0.15, -0.1) is 22.7 Å². The van der Waals surface area contributed by atoms with Crippen molar-refractivity contribution in [1.29, 1.82) is 5.26 Å². The third kappa shape index (κ3) is 4.93. The molecule has 1 N–H and O–H groups in total. The van der Waals surface area contributed by atoms with E-state index in [0.717, 1.165) is 10.3 Å². The third-order valence-electron chi connectivity index (χ3n) is 2.81. The summed E-state index contributed by atoms with van der Waals surface area (Å²) >= 11 is 6.51. The van der Waals surface area contributed by atoms with Gasteiger partial charge in [0, 0.05) is 24.4 Å². The van der Waals surface area contributed by atoms with Crippen LogP contribution in [0.4, 0.5) is 5.00 Å². The zero-order valence-electron chi connectivity index (χ0n) is 11.4. The summed E-state index contributed by atoms with van der Waals surface area (Å²) in [5.41, 5.74) is 0.519. The van der Waals surface area contributed by atoms with E-state index < -0.39 is 0 Å². The maximum atomic E-state index is 11.9. The minimum absolute atomic E-state index is 0.0619. The molecule has 0 aliphatic heterocycles. The van der Waals surface area contributed by atoms with Crippen LogP contribution in [0.2, 0.25) is 0 Å². The molecule has 2 heterocycles. The number of thiophene rings is 2. The molecule has 0 aliphatic rings. The second-order valence-electron chi connectivity index (χ2n) is 4.52. The van der Waals surface area contributed by atoms with Crippen molar-refractivity contribution in [2.45, 2.75) is 13.0 Å². The number of amides is 1. The molecule has 2 aromatic rings. The number of halogens is 1. The first-order valence-corrected chi connectivity index (χ1v) is 8.77. The Morgan fingerprint density at radius 2 is 2.29 bits per heavy atom. The maximum Gasteiger partial charge on any atom is 0.226 e. The maximum absolute atomic E-state index is 11.9. The quantitative estimate of drug-likeness (QED) is 0.822. The highest BCUT2D eigenvalue weighted by Gasteiger charge is 2.10. The molecule has 0 aromatic carbocycles. The van der Waals surface area contributed by atoms with Crippen LogP contribution < -0.4 is 5.32 Å². The van der Waals surface area contributed by atoms with Gasteiger partial charge in [-0.05, 0) is 46.6 Å². The largest absolute Gasteiger partial charge is 0.317 e. The van der Waals surface area contributed by atoms with E-state index in [0.29, 0.717) is 23.5 Å². The Kier molecular flexibility index (Phi) is 5.94. The van der Waals surface area contributed by atoms with Gasteiger partial charge in [-0.3, -0.25) is 4.79 Å². The minimum atomic E-state index is -0.0619. The van der Waals surface area contributed by atoms with Crippen LogP contribution >= 0.6 is 38.6 Å². The molecule has 21 heavy (non-hydrogen) atoms. The summed E-state index contributed by atoms with van der Waals surface area (Å²) in [6.07, 6.45) is 0.409. The molecule has 0 saturated heterocycles. The van der Waals surface area contributed by atoms with Crippen LogP contribution in [0.25, 0.3) is 0 Å². The SMILES string of the molecule is CN(CCC(=O)Nc1sccc1C#N)Cc1ccc(Br)s1. The van der Waals surface area contributed by atoms with Crippen LogP contribution in [0, 0.1) is 11.3 Å². The monoisotopic (exact) mass is 383 g/mol. The fourth-order valence-electron chi connectivity index (χ4n) is 1.76. The summed E-state index contributed by atoms with van der Waals surface area (Å²) in [5, 5.41) is 14.1. The smallest absolute Gasteiger partial charge is 0.226 e. The molecule has 2 rings (SSSR count). The number of carbonyl (C=O) groups excluding carboxylic acids is 1. The highest BCUT2D eigenvalue weighted by atomic mass is 79.9. The Morgan fingerprint density at radius 1 is 1.48 bits per heavy atom. The second-order valence-corrected chi connectivity index (χ2v) is 7.98. The molecular weight excluding hydrogens is 370 g/mol. The van der Waals surface area contributed by atoms with Crippen LogP contribution in [-0.2, 0) is 11.3 Å². The Balaban J connectivity index is 1.77. The van der Waals surface area contributed by atoms with E-state index in [1.54, 1.807) is 22.8 Å². The summed E-state index contributed by atoms with van der Waals surface area (Å²) in [5.74, 6) is -0.0619. The van der Waals surface area contributed by atoms with Crippen LogP contribution in [0.5, 0.6) is 0 Å². The summed E-state index contributed by atoms with van der Waals surface area (Å²) < 4.78 is 1.12. The number of carbonyl (C=O) groups is 1. The van der Waals surface area contributed by atoms with Gasteiger partial charge >= 0.3 is 0 Å². The predicted octanol–water partition coefficient (Wildman–Crippen LogP) is 3.90. The molecule has 110 valence electrons. The van der Waals surface area contributed by atoms with E-state index in [1.165, 1.54) is 16.2 Å². The number of nitrogens with zero attached hydrogens (tertiary/aromatic N) is 2. The number of nitrogens with one attached hydrogen (secondary N) is 1. The Hall–Kier alpha value is -1.20. The topological polar surface area (TPSA) is 56.1 Å². The van der Waals surface area contributed by atoms with E-state index in [9.17, 15) is 4.79 Å². The van der Waals surface area contributed by atoms with Gasteiger partial charge in [0.1, 0.15) is 11.1 Å². The molecule has 0 bridgehead atoms. The van der Waals surface area contributed by atoms with Gasteiger partial charge in [0.05, 0.1) is 9.35 Å². The highest BCUT2D eigenvalue weighted by Crippen LogP contribution is 2.23. The van der Waals surface area contributed by atoms with Gasteiger partial charge in [-0.2, -0.15) is 5.26 Å². The van der Waals surface area contributed by atoms with Crippen molar-refractivity contribution in [3.8, 4) is 6.07 Å². The molecule has 2 aromatic heterocycles. The lowest BCUT2D eigenvalue weighted by Crippen LogP contribution is -2.23. The van der Waals surface area contributed by atoms with Gasteiger partial charge in [0.25, 0.3) is 0 Å². The molecule has 7 heteroatoms. The van der Waals surface area contributed by atoms with Crippen molar-refractivity contribution in [2.75, 3.05) is 18.9 Å². The normalized spacial score (nSPS) is 10.6. The van der Waals surface area contributed by atoms with Gasteiger partial charge < -0.3 is 10.2 Å². The first-order valence-electron chi connectivity index (χ1n) is 6.28. The molecule has 0 fully saturated rings. The molecule has 0 unspecified atom stereocenters. The zero-order valence-corrected chi connectivity index (χ0v) is 14.6. The van der Waals surface area contributed by atoms with Crippen molar-refractivity contribution in [1.82, 2.24) is 4.90 Å². The highest BCUT2D eigenvalue weighted by molar-refractivity contribution is 9.11. The van der Waals surface area contributed by atoms with Crippen LogP contribution in [0.15, 0.2) is 27.4 Å². The molecule has 4 nitrogen and oxygen atoms in total. The predicted molar refractivity (Wildman–Crippen MR) is 90.6 cm³/mol. The second kappa shape index (κ2) is 7.71. The number of rotatable bonds is 6. The fourth-order valence-corrected chi connectivity index (χ4v) is 4.07. The van der Waals surface area contributed by atoms with Crippen molar-refractivity contribution < 1.29 is 4.79 Å². The number of hydrogen-bond acceptors (Lipinski definition) is 5. The summed E-state index contributed by atoms with van der Waals surface area (Å²) in [7, 11) is 1.99. The van der Waals surface area contributed by atoms with E-state index in [2.05, 4.69) is 38.3 Å². The molecule has 0 aliphatic carbocycles. The Bertz CT molecular complexity index is 659. The minimum Gasteiger partial charge on any atom is -0.317 e. The number of hydrogen-bond donors (Lipinski definition) is 1. The Labute approximate surface area is 140 Å². The number of nitriles is 1. The Morgan fingerprint density at radius 3 is 2.95 bits per heavy atom. The summed E-state index contributed by atoms with van der Waals surface area (Å²) in [6, 6.07) is 7.88. The van der Waals surface area contributed by atoms with Crippen LogP contribution in [-0.4, -0.2) is 24.4 Å². The van der Waals surface area contributed by atoms with E-state index in [-0.39, 0.29) is 5.91 Å². The van der Waals surface area contributed by atoms with Crippen molar-refractivity contribution in [3.05, 3.63) is 37.8 Å². The van der Waals surface area contributed by atoms with Crippen molar-refractivity contribution in [2.24, 2.45) is 0 Å². The zero-order chi connectivity index (χ0) is 15.2. The van der Waals surface area contributed by atoms with Crippen molar-refractivity contribution >= 4 is 49.5 Å². The first-order chi connectivity index (χ1) is 10.1. The van der Waals surface area contributed by atoms with Crippen molar-refractivity contribution in [3.63, 3.8) is 0 Å². The third-order valence-corrected chi connectivity index (χ3v) is 5.25. The van der Waals surface area contributed by atoms with Gasteiger partial charge in [-0.1, -0.05) is 0 Å². The average molecular weight is 384 g/mol. The average Bonchev–Trinajstić information content (AvgIpc) is 3.05. The number of anilines is 1. The molecule has 0 radical (unpaired) electrons. The summed E-state index contributed by atoms with van der Waals surface area (Å²) in [4.78, 5) is 15.3. The summed E-state index contributed by atoms with van der Waals surface area (Å²) in [6.45, 7) is 1.50. The van der Waals surface area contributed by atoms with Gasteiger partial charge in [0.2, 0.25) is 5.91 Å². The van der Waals surface area contributed by atoms with E-state index in [1.807, 2.05) is 13.1 Å². The first kappa shape index (κ1) is 16.2. The lowest BCUT2D eigenvalue weighted by Gasteiger charge is -2.15. The van der Waals surface area contributed by atoms with Crippen LogP contribution in [0.1, 0.15) is 16.9 Å². The molecule has 1 amide bonds. The fraction of sp³-hybridized carbons (Fsp3) is 0.286. The molecule has 0 spiro atoms.